The summed E-state index contributed by atoms with van der Waals surface area (Å²) in [7, 11) is 0. The molecule has 0 radical (unpaired) electrons. The first-order chi connectivity index (χ1) is 9.58. The van der Waals surface area contributed by atoms with Gasteiger partial charge in [-0.15, -0.1) is 11.3 Å². The van der Waals surface area contributed by atoms with E-state index >= 15 is 0 Å². The lowest BCUT2D eigenvalue weighted by Crippen LogP contribution is -2.62. The average Bonchev–Trinajstić information content (AvgIpc) is 3.05. The van der Waals surface area contributed by atoms with E-state index in [0.29, 0.717) is 6.54 Å². The molecular weight excluding hydrogens is 274 g/mol. The first-order valence-electron chi connectivity index (χ1n) is 7.10. The number of hydrogen-bond acceptors (Lipinski definition) is 4. The van der Waals surface area contributed by atoms with Gasteiger partial charge in [0.2, 0.25) is 11.8 Å². The molecular formula is C14H19N3O2S. The van der Waals surface area contributed by atoms with E-state index in [1.165, 1.54) is 0 Å². The van der Waals surface area contributed by atoms with E-state index in [1.54, 1.807) is 21.1 Å². The molecule has 108 valence electrons. The number of carbonyl (C=O) groups is 2. The Morgan fingerprint density at radius 1 is 1.40 bits per heavy atom. The Bertz CT molecular complexity index is 542. The second kappa shape index (κ2) is 5.16. The monoisotopic (exact) mass is 293 g/mol. The normalized spacial score (nSPS) is 26.3. The lowest BCUT2D eigenvalue weighted by molar-refractivity contribution is -0.158. The summed E-state index contributed by atoms with van der Waals surface area (Å²) in [5.41, 5.74) is 1.01. The van der Waals surface area contributed by atoms with Crippen LogP contribution in [0, 0.1) is 6.92 Å². The number of nitrogens with zero attached hydrogens (tertiary/aromatic N) is 3. The van der Waals surface area contributed by atoms with Crippen molar-refractivity contribution in [3.8, 4) is 0 Å². The fourth-order valence-corrected chi connectivity index (χ4v) is 3.85. The predicted octanol–water partition coefficient (Wildman–Crippen LogP) is 1.22. The average molecular weight is 293 g/mol. The van der Waals surface area contributed by atoms with Gasteiger partial charge < -0.3 is 9.80 Å². The zero-order valence-electron chi connectivity index (χ0n) is 11.8. The summed E-state index contributed by atoms with van der Waals surface area (Å²) in [4.78, 5) is 32.7. The van der Waals surface area contributed by atoms with E-state index in [1.807, 2.05) is 19.2 Å². The van der Waals surface area contributed by atoms with E-state index in [4.69, 9.17) is 0 Å². The molecule has 2 amide bonds. The van der Waals surface area contributed by atoms with Crippen molar-refractivity contribution in [3.63, 3.8) is 0 Å². The molecule has 5 nitrogen and oxygen atoms in total. The Hall–Kier alpha value is -1.43. The maximum absolute atomic E-state index is 12.5. The number of piperazine rings is 1. The highest BCUT2D eigenvalue weighted by Crippen LogP contribution is 2.27. The first-order valence-corrected chi connectivity index (χ1v) is 7.98. The third-order valence-corrected chi connectivity index (χ3v) is 5.19. The van der Waals surface area contributed by atoms with Crippen LogP contribution >= 0.6 is 11.3 Å². The second-order valence-corrected chi connectivity index (χ2v) is 6.47. The molecule has 0 saturated carbocycles. The van der Waals surface area contributed by atoms with E-state index < -0.39 is 0 Å². The van der Waals surface area contributed by atoms with Gasteiger partial charge in [-0.3, -0.25) is 9.59 Å². The maximum Gasteiger partial charge on any atom is 0.246 e. The lowest BCUT2D eigenvalue weighted by atomic mass is 10.1. The Labute approximate surface area is 122 Å². The van der Waals surface area contributed by atoms with Crippen molar-refractivity contribution in [2.75, 3.05) is 13.1 Å². The van der Waals surface area contributed by atoms with Crippen LogP contribution in [0.1, 0.15) is 30.5 Å². The SMILES string of the molecule is Cc1csc(CCN2C(=O)C3CCCN3C(=O)C2C)n1. The van der Waals surface area contributed by atoms with E-state index in [0.717, 1.165) is 36.5 Å². The van der Waals surface area contributed by atoms with Gasteiger partial charge in [-0.1, -0.05) is 0 Å². The van der Waals surface area contributed by atoms with Crippen LogP contribution in [0.3, 0.4) is 0 Å². The molecule has 3 heterocycles. The van der Waals surface area contributed by atoms with E-state index in [9.17, 15) is 9.59 Å². The minimum Gasteiger partial charge on any atom is -0.329 e. The standard InChI is InChI=1S/C14H19N3O2S/c1-9-8-20-12(15-9)5-7-16-10(2)13(18)17-6-3-4-11(17)14(16)19/h8,10-11H,3-7H2,1-2H3. The Morgan fingerprint density at radius 2 is 2.20 bits per heavy atom. The molecule has 2 saturated heterocycles. The zero-order chi connectivity index (χ0) is 14.3. The van der Waals surface area contributed by atoms with Gasteiger partial charge in [0.15, 0.2) is 0 Å². The summed E-state index contributed by atoms with van der Waals surface area (Å²) < 4.78 is 0. The van der Waals surface area contributed by atoms with Crippen molar-refractivity contribution < 1.29 is 9.59 Å². The summed E-state index contributed by atoms with van der Waals surface area (Å²) in [6, 6.07) is -0.547. The molecule has 1 aromatic rings. The number of fused-ring (bicyclic) bond motifs is 1. The molecule has 3 rings (SSSR count). The quantitative estimate of drug-likeness (QED) is 0.842. The molecule has 1 aromatic heterocycles. The lowest BCUT2D eigenvalue weighted by Gasteiger charge is -2.40. The molecule has 0 N–H and O–H groups in total. The molecule has 20 heavy (non-hydrogen) atoms. The topological polar surface area (TPSA) is 53.5 Å². The van der Waals surface area contributed by atoms with Crippen molar-refractivity contribution in [3.05, 3.63) is 16.1 Å². The zero-order valence-corrected chi connectivity index (χ0v) is 12.7. The van der Waals surface area contributed by atoms with Gasteiger partial charge >= 0.3 is 0 Å². The number of thiazole rings is 1. The van der Waals surface area contributed by atoms with Gasteiger partial charge in [-0.2, -0.15) is 0 Å². The summed E-state index contributed by atoms with van der Waals surface area (Å²) in [6.07, 6.45) is 2.48. The summed E-state index contributed by atoms with van der Waals surface area (Å²) >= 11 is 1.62. The van der Waals surface area contributed by atoms with Crippen molar-refractivity contribution >= 4 is 23.2 Å². The molecule has 2 atom stereocenters. The first kappa shape index (κ1) is 13.5. The number of carbonyl (C=O) groups excluding carboxylic acids is 2. The van der Waals surface area contributed by atoms with Crippen molar-refractivity contribution in [1.82, 2.24) is 14.8 Å². The third-order valence-electron chi connectivity index (χ3n) is 4.16. The molecule has 0 spiro atoms. The number of rotatable bonds is 3. The van der Waals surface area contributed by atoms with Crippen LogP contribution in [-0.4, -0.2) is 51.8 Å². The minimum atomic E-state index is -0.335. The molecule has 2 unspecified atom stereocenters. The fourth-order valence-electron chi connectivity index (χ4n) is 3.08. The van der Waals surface area contributed by atoms with Crippen LogP contribution in [-0.2, 0) is 16.0 Å². The highest BCUT2D eigenvalue weighted by Gasteiger charge is 2.45. The summed E-state index contributed by atoms with van der Waals surface area (Å²) in [5.74, 6) is 0.213. The van der Waals surface area contributed by atoms with Gasteiger partial charge in [0.1, 0.15) is 12.1 Å². The molecule has 2 aliphatic rings. The Balaban J connectivity index is 1.71. The van der Waals surface area contributed by atoms with Crippen molar-refractivity contribution in [1.29, 1.82) is 0 Å². The number of amides is 2. The number of aromatic nitrogens is 1. The molecule has 2 aliphatic heterocycles. The predicted molar refractivity (Wildman–Crippen MR) is 76.5 cm³/mol. The molecule has 0 aromatic carbocycles. The summed E-state index contributed by atoms with van der Waals surface area (Å²) in [5, 5.41) is 3.05. The van der Waals surface area contributed by atoms with Crippen LogP contribution in [0.2, 0.25) is 0 Å². The molecule has 0 bridgehead atoms. The van der Waals surface area contributed by atoms with Gasteiger partial charge in [0.25, 0.3) is 0 Å². The van der Waals surface area contributed by atoms with Crippen LogP contribution in [0.15, 0.2) is 5.38 Å². The largest absolute Gasteiger partial charge is 0.329 e. The highest BCUT2D eigenvalue weighted by molar-refractivity contribution is 7.09. The third kappa shape index (κ3) is 2.22. The van der Waals surface area contributed by atoms with Crippen LogP contribution in [0.4, 0.5) is 0 Å². The second-order valence-electron chi connectivity index (χ2n) is 5.53. The van der Waals surface area contributed by atoms with Crippen LogP contribution < -0.4 is 0 Å². The fraction of sp³-hybridized carbons (Fsp3) is 0.643. The molecule has 6 heteroatoms. The van der Waals surface area contributed by atoms with Gasteiger partial charge in [-0.05, 0) is 26.7 Å². The van der Waals surface area contributed by atoms with Crippen molar-refractivity contribution in [2.45, 2.75) is 45.2 Å². The van der Waals surface area contributed by atoms with Gasteiger partial charge in [0.05, 0.1) is 5.01 Å². The minimum absolute atomic E-state index is 0.0995. The summed E-state index contributed by atoms with van der Waals surface area (Å²) in [6.45, 7) is 5.12. The van der Waals surface area contributed by atoms with Crippen molar-refractivity contribution in [2.24, 2.45) is 0 Å². The van der Waals surface area contributed by atoms with Crippen LogP contribution in [0.5, 0.6) is 0 Å². The van der Waals surface area contributed by atoms with Gasteiger partial charge in [-0.25, -0.2) is 4.98 Å². The number of hydrogen-bond donors (Lipinski definition) is 0. The van der Waals surface area contributed by atoms with E-state index in [-0.39, 0.29) is 23.9 Å². The maximum atomic E-state index is 12.5. The molecule has 2 fully saturated rings. The number of aryl methyl sites for hydroxylation is 1. The molecule has 0 aliphatic carbocycles. The van der Waals surface area contributed by atoms with Gasteiger partial charge in [0, 0.05) is 30.6 Å². The van der Waals surface area contributed by atoms with E-state index in [2.05, 4.69) is 4.98 Å². The highest BCUT2D eigenvalue weighted by atomic mass is 32.1. The Morgan fingerprint density at radius 3 is 2.90 bits per heavy atom. The smallest absolute Gasteiger partial charge is 0.246 e. The van der Waals surface area contributed by atoms with Crippen LogP contribution in [0.25, 0.3) is 0 Å². The Kier molecular flexibility index (Phi) is 3.50.